The number of benzene rings is 2. The molecule has 6 rings (SSSR count). The molecule has 0 radical (unpaired) electrons. The zero-order chi connectivity index (χ0) is 23.7. The summed E-state index contributed by atoms with van der Waals surface area (Å²) in [4.78, 5) is 25.2. The number of rotatable bonds is 9. The number of carbonyl (C=O) groups is 2. The fraction of sp³-hybridized carbons (Fsp3) is 0.517. The predicted molar refractivity (Wildman–Crippen MR) is 137 cm³/mol. The van der Waals surface area contributed by atoms with E-state index in [1.807, 2.05) is 30.3 Å². The fourth-order valence-electron chi connectivity index (χ4n) is 7.06. The number of nitrogens with two attached hydrogens (primary N) is 1. The summed E-state index contributed by atoms with van der Waals surface area (Å²) in [6.07, 6.45) is 10.9. The second-order valence-electron chi connectivity index (χ2n) is 11.0. The fourth-order valence-corrected chi connectivity index (χ4v) is 7.06. The van der Waals surface area contributed by atoms with E-state index in [9.17, 15) is 9.59 Å². The van der Waals surface area contributed by atoms with Crippen molar-refractivity contribution in [3.63, 3.8) is 0 Å². The van der Waals surface area contributed by atoms with Crippen LogP contribution >= 0.6 is 0 Å². The predicted octanol–water partition coefficient (Wildman–Crippen LogP) is 5.75. The molecule has 34 heavy (non-hydrogen) atoms. The summed E-state index contributed by atoms with van der Waals surface area (Å²) < 4.78 is 0. The van der Waals surface area contributed by atoms with Crippen LogP contribution in [0.15, 0.2) is 42.5 Å². The zero-order valence-corrected chi connectivity index (χ0v) is 20.2. The molecule has 2 aromatic carbocycles. The number of hydrogen-bond acceptors (Lipinski definition) is 3. The third-order valence-corrected chi connectivity index (χ3v) is 8.28. The molecule has 4 fully saturated rings. The van der Waals surface area contributed by atoms with Gasteiger partial charge in [-0.25, -0.2) is 0 Å². The van der Waals surface area contributed by atoms with Crippen molar-refractivity contribution >= 4 is 17.5 Å². The molecule has 0 aliphatic heterocycles. The average molecular weight is 460 g/mol. The standard InChI is InChI=1S/C29H37N3O2/c1-2-3-4-11-31-26-10-9-24(22-5-7-23(8-6-22)27(30)33)15-25(26)28(34)32-29-16-19-12-20(17-29)14-21(13-19)18-29/h5-10,15,19-21,31H,2-4,11-14,16-18H2,1H3,(H2,30,33)(H,32,34). The highest BCUT2D eigenvalue weighted by Crippen LogP contribution is 2.55. The van der Waals surface area contributed by atoms with E-state index in [1.165, 1.54) is 32.1 Å². The minimum Gasteiger partial charge on any atom is -0.384 e. The van der Waals surface area contributed by atoms with Crippen LogP contribution in [-0.2, 0) is 0 Å². The molecule has 4 aliphatic carbocycles. The molecule has 0 unspecified atom stereocenters. The Hall–Kier alpha value is -2.82. The number of amides is 2. The lowest BCUT2D eigenvalue weighted by Gasteiger charge is -2.56. The lowest BCUT2D eigenvalue weighted by Crippen LogP contribution is -2.59. The Labute approximate surface area is 202 Å². The van der Waals surface area contributed by atoms with E-state index in [-0.39, 0.29) is 11.4 Å². The lowest BCUT2D eigenvalue weighted by molar-refractivity contribution is -0.0166. The van der Waals surface area contributed by atoms with E-state index in [0.29, 0.717) is 11.1 Å². The van der Waals surface area contributed by atoms with Crippen molar-refractivity contribution < 1.29 is 9.59 Å². The minimum atomic E-state index is -0.436. The van der Waals surface area contributed by atoms with Gasteiger partial charge in [-0.05, 0) is 98.1 Å². The van der Waals surface area contributed by atoms with E-state index in [0.717, 1.165) is 66.8 Å². The molecule has 0 spiro atoms. The Balaban J connectivity index is 1.41. The molecule has 5 heteroatoms. The van der Waals surface area contributed by atoms with Crippen LogP contribution in [0.2, 0.25) is 0 Å². The van der Waals surface area contributed by atoms with Gasteiger partial charge < -0.3 is 16.4 Å². The molecule has 4 bridgehead atoms. The molecule has 0 heterocycles. The largest absolute Gasteiger partial charge is 0.384 e. The smallest absolute Gasteiger partial charge is 0.253 e. The molecular formula is C29H37N3O2. The Kier molecular flexibility index (Phi) is 6.37. The number of carbonyl (C=O) groups excluding carboxylic acids is 2. The van der Waals surface area contributed by atoms with Gasteiger partial charge in [0.15, 0.2) is 0 Å². The van der Waals surface area contributed by atoms with Crippen molar-refractivity contribution in [3.05, 3.63) is 53.6 Å². The van der Waals surface area contributed by atoms with Gasteiger partial charge in [0.05, 0.1) is 5.56 Å². The van der Waals surface area contributed by atoms with E-state index >= 15 is 0 Å². The lowest BCUT2D eigenvalue weighted by atomic mass is 9.53. The molecule has 4 saturated carbocycles. The van der Waals surface area contributed by atoms with Gasteiger partial charge >= 0.3 is 0 Å². The quantitative estimate of drug-likeness (QED) is 0.417. The first-order chi connectivity index (χ1) is 16.4. The van der Waals surface area contributed by atoms with E-state index < -0.39 is 5.91 Å². The zero-order valence-electron chi connectivity index (χ0n) is 20.2. The third kappa shape index (κ3) is 4.70. The maximum atomic E-state index is 13.8. The van der Waals surface area contributed by atoms with Crippen LogP contribution in [0.4, 0.5) is 5.69 Å². The second kappa shape index (κ2) is 9.44. The molecule has 5 nitrogen and oxygen atoms in total. The summed E-state index contributed by atoms with van der Waals surface area (Å²) in [5.41, 5.74) is 9.40. The minimum absolute atomic E-state index is 0.0234. The number of hydrogen-bond donors (Lipinski definition) is 3. The van der Waals surface area contributed by atoms with Gasteiger partial charge in [0, 0.05) is 23.3 Å². The van der Waals surface area contributed by atoms with Crippen LogP contribution in [0, 0.1) is 17.8 Å². The highest BCUT2D eigenvalue weighted by molar-refractivity contribution is 6.01. The first-order valence-corrected chi connectivity index (χ1v) is 13.1. The molecule has 2 amide bonds. The number of nitrogens with one attached hydrogen (secondary N) is 2. The first kappa shape index (κ1) is 22.9. The monoisotopic (exact) mass is 459 g/mol. The number of anilines is 1. The van der Waals surface area contributed by atoms with Crippen LogP contribution < -0.4 is 16.4 Å². The third-order valence-electron chi connectivity index (χ3n) is 8.28. The normalized spacial score (nSPS) is 26.9. The van der Waals surface area contributed by atoms with Gasteiger partial charge in [0.2, 0.25) is 5.91 Å². The summed E-state index contributed by atoms with van der Waals surface area (Å²) in [5.74, 6) is 1.96. The van der Waals surface area contributed by atoms with Crippen LogP contribution in [0.3, 0.4) is 0 Å². The van der Waals surface area contributed by atoms with Crippen molar-refractivity contribution in [2.45, 2.75) is 70.3 Å². The highest BCUT2D eigenvalue weighted by atomic mass is 16.2. The van der Waals surface area contributed by atoms with E-state index in [1.54, 1.807) is 12.1 Å². The Morgan fingerprint density at radius 3 is 2.12 bits per heavy atom. The van der Waals surface area contributed by atoms with Crippen LogP contribution in [0.25, 0.3) is 11.1 Å². The molecule has 0 atom stereocenters. The molecule has 4 aliphatic rings. The Bertz CT molecular complexity index is 1020. The van der Waals surface area contributed by atoms with Crippen molar-refractivity contribution in [1.82, 2.24) is 5.32 Å². The molecule has 2 aromatic rings. The second-order valence-corrected chi connectivity index (χ2v) is 11.0. The maximum Gasteiger partial charge on any atom is 0.253 e. The van der Waals surface area contributed by atoms with Crippen LogP contribution in [-0.4, -0.2) is 23.9 Å². The topological polar surface area (TPSA) is 84.2 Å². The molecule has 0 saturated heterocycles. The molecule has 4 N–H and O–H groups in total. The van der Waals surface area contributed by atoms with Gasteiger partial charge in [0.25, 0.3) is 5.91 Å². The van der Waals surface area contributed by atoms with Crippen molar-refractivity contribution in [2.75, 3.05) is 11.9 Å². The molecule has 180 valence electrons. The van der Waals surface area contributed by atoms with Crippen molar-refractivity contribution in [1.29, 1.82) is 0 Å². The summed E-state index contributed by atoms with van der Waals surface area (Å²) in [5, 5.41) is 7.06. The Morgan fingerprint density at radius 1 is 0.912 bits per heavy atom. The first-order valence-electron chi connectivity index (χ1n) is 13.1. The van der Waals surface area contributed by atoms with E-state index in [4.69, 9.17) is 5.73 Å². The van der Waals surface area contributed by atoms with Crippen LogP contribution in [0.5, 0.6) is 0 Å². The van der Waals surface area contributed by atoms with Crippen molar-refractivity contribution in [3.8, 4) is 11.1 Å². The van der Waals surface area contributed by atoms with Gasteiger partial charge in [-0.1, -0.05) is 38.0 Å². The maximum absolute atomic E-state index is 13.8. The van der Waals surface area contributed by atoms with Gasteiger partial charge in [0.1, 0.15) is 0 Å². The Morgan fingerprint density at radius 2 is 1.53 bits per heavy atom. The van der Waals surface area contributed by atoms with Crippen LogP contribution in [0.1, 0.15) is 85.4 Å². The van der Waals surface area contributed by atoms with Crippen molar-refractivity contribution in [2.24, 2.45) is 23.5 Å². The average Bonchev–Trinajstić information content (AvgIpc) is 2.81. The van der Waals surface area contributed by atoms with Gasteiger partial charge in [-0.2, -0.15) is 0 Å². The summed E-state index contributed by atoms with van der Waals surface area (Å²) >= 11 is 0. The van der Waals surface area contributed by atoms with Gasteiger partial charge in [-0.15, -0.1) is 0 Å². The highest BCUT2D eigenvalue weighted by Gasteiger charge is 2.51. The summed E-state index contributed by atoms with van der Waals surface area (Å²) in [6, 6.07) is 13.3. The molecule has 0 aromatic heterocycles. The number of primary amides is 1. The molecular weight excluding hydrogens is 422 g/mol. The van der Waals surface area contributed by atoms with Gasteiger partial charge in [-0.3, -0.25) is 9.59 Å². The summed E-state index contributed by atoms with van der Waals surface area (Å²) in [6.45, 7) is 3.06. The summed E-state index contributed by atoms with van der Waals surface area (Å²) in [7, 11) is 0. The number of unbranched alkanes of at least 4 members (excludes halogenated alkanes) is 2. The SMILES string of the molecule is CCCCCNc1ccc(-c2ccc(C(N)=O)cc2)cc1C(=O)NC12CC3CC(CC(C3)C1)C2. The van der Waals surface area contributed by atoms with E-state index in [2.05, 4.69) is 17.6 Å².